The number of benzene rings is 1. The SMILES string of the molecule is CCOC(=O)[C@H]1CCCN(C(=O)CSc2nc(N)c3ccccc3n2)C1. The molecule has 1 aromatic heterocycles. The van der Waals surface area contributed by atoms with E-state index in [0.717, 1.165) is 23.7 Å². The molecule has 2 N–H and O–H groups in total. The van der Waals surface area contributed by atoms with Crippen LogP contribution in [-0.2, 0) is 14.3 Å². The molecule has 3 rings (SSSR count). The van der Waals surface area contributed by atoms with Crippen molar-refractivity contribution in [1.29, 1.82) is 0 Å². The molecule has 26 heavy (non-hydrogen) atoms. The van der Waals surface area contributed by atoms with Crippen LogP contribution in [0.4, 0.5) is 5.82 Å². The molecule has 1 aromatic carbocycles. The van der Waals surface area contributed by atoms with Crippen LogP contribution in [0.3, 0.4) is 0 Å². The molecule has 2 aromatic rings. The number of rotatable bonds is 5. The second-order valence-corrected chi connectivity index (χ2v) is 7.07. The van der Waals surface area contributed by atoms with Gasteiger partial charge in [-0.3, -0.25) is 9.59 Å². The van der Waals surface area contributed by atoms with Crippen LogP contribution in [0.5, 0.6) is 0 Å². The Morgan fingerprint density at radius 3 is 2.96 bits per heavy atom. The van der Waals surface area contributed by atoms with Gasteiger partial charge in [-0.25, -0.2) is 9.97 Å². The Labute approximate surface area is 156 Å². The zero-order chi connectivity index (χ0) is 18.5. The van der Waals surface area contributed by atoms with Gasteiger partial charge in [0.05, 0.1) is 23.8 Å². The topological polar surface area (TPSA) is 98.4 Å². The van der Waals surface area contributed by atoms with Crippen molar-refractivity contribution in [2.75, 3.05) is 31.2 Å². The number of amides is 1. The second-order valence-electron chi connectivity index (χ2n) is 6.13. The van der Waals surface area contributed by atoms with Gasteiger partial charge in [0.15, 0.2) is 5.16 Å². The highest BCUT2D eigenvalue weighted by Crippen LogP contribution is 2.24. The Bertz CT molecular complexity index is 814. The fourth-order valence-electron chi connectivity index (χ4n) is 3.02. The lowest BCUT2D eigenvalue weighted by Gasteiger charge is -2.31. The highest BCUT2D eigenvalue weighted by atomic mass is 32.2. The number of hydrogen-bond acceptors (Lipinski definition) is 7. The van der Waals surface area contributed by atoms with Crippen LogP contribution >= 0.6 is 11.8 Å². The number of piperidine rings is 1. The third kappa shape index (κ3) is 4.24. The normalized spacial score (nSPS) is 17.3. The van der Waals surface area contributed by atoms with Crippen molar-refractivity contribution >= 4 is 40.4 Å². The Balaban J connectivity index is 1.61. The maximum atomic E-state index is 12.5. The minimum atomic E-state index is -0.231. The number of carbonyl (C=O) groups excluding carboxylic acids is 2. The van der Waals surface area contributed by atoms with Gasteiger partial charge in [-0.2, -0.15) is 0 Å². The van der Waals surface area contributed by atoms with E-state index in [1.807, 2.05) is 24.3 Å². The molecular weight excluding hydrogens is 352 g/mol. The first-order valence-electron chi connectivity index (χ1n) is 8.68. The zero-order valence-corrected chi connectivity index (χ0v) is 15.5. The summed E-state index contributed by atoms with van der Waals surface area (Å²) in [7, 11) is 0. The summed E-state index contributed by atoms with van der Waals surface area (Å²) >= 11 is 1.26. The first kappa shape index (κ1) is 18.4. The minimum Gasteiger partial charge on any atom is -0.466 e. The van der Waals surface area contributed by atoms with Gasteiger partial charge < -0.3 is 15.4 Å². The number of carbonyl (C=O) groups is 2. The number of ether oxygens (including phenoxy) is 1. The molecule has 8 heteroatoms. The van der Waals surface area contributed by atoms with Gasteiger partial charge in [0.25, 0.3) is 0 Å². The number of aromatic nitrogens is 2. The molecule has 0 saturated carbocycles. The summed E-state index contributed by atoms with van der Waals surface area (Å²) in [5.74, 6) is 0.145. The Kier molecular flexibility index (Phi) is 5.92. The molecule has 0 bridgehead atoms. The maximum absolute atomic E-state index is 12.5. The Morgan fingerprint density at radius 2 is 2.15 bits per heavy atom. The summed E-state index contributed by atoms with van der Waals surface area (Å²) in [5.41, 5.74) is 6.73. The van der Waals surface area contributed by atoms with Gasteiger partial charge >= 0.3 is 5.97 Å². The van der Waals surface area contributed by atoms with Crippen molar-refractivity contribution in [3.8, 4) is 0 Å². The lowest BCUT2D eigenvalue weighted by Crippen LogP contribution is -2.43. The van der Waals surface area contributed by atoms with Crippen molar-refractivity contribution in [3.05, 3.63) is 24.3 Å². The fraction of sp³-hybridized carbons (Fsp3) is 0.444. The quantitative estimate of drug-likeness (QED) is 0.486. The first-order valence-corrected chi connectivity index (χ1v) is 9.66. The zero-order valence-electron chi connectivity index (χ0n) is 14.7. The summed E-state index contributed by atoms with van der Waals surface area (Å²) in [6.45, 7) is 3.23. The van der Waals surface area contributed by atoms with E-state index in [1.54, 1.807) is 11.8 Å². The number of nitrogen functional groups attached to an aromatic ring is 1. The number of anilines is 1. The number of thioether (sulfide) groups is 1. The predicted molar refractivity (Wildman–Crippen MR) is 101 cm³/mol. The molecule has 0 aliphatic carbocycles. The van der Waals surface area contributed by atoms with Gasteiger partial charge in [-0.1, -0.05) is 23.9 Å². The molecule has 7 nitrogen and oxygen atoms in total. The molecule has 138 valence electrons. The molecule has 1 amide bonds. The van der Waals surface area contributed by atoms with Gasteiger partial charge in [0.1, 0.15) is 5.82 Å². The van der Waals surface area contributed by atoms with E-state index in [1.165, 1.54) is 11.8 Å². The van der Waals surface area contributed by atoms with Crippen LogP contribution in [0.1, 0.15) is 19.8 Å². The Morgan fingerprint density at radius 1 is 1.35 bits per heavy atom. The van der Waals surface area contributed by atoms with E-state index < -0.39 is 0 Å². The first-order chi connectivity index (χ1) is 12.6. The average molecular weight is 374 g/mol. The van der Waals surface area contributed by atoms with E-state index in [4.69, 9.17) is 10.5 Å². The van der Waals surface area contributed by atoms with Crippen molar-refractivity contribution < 1.29 is 14.3 Å². The Hall–Kier alpha value is -2.35. The number of para-hydroxylation sites is 1. The molecule has 1 saturated heterocycles. The van der Waals surface area contributed by atoms with E-state index in [9.17, 15) is 9.59 Å². The number of esters is 1. The van der Waals surface area contributed by atoms with Crippen LogP contribution in [0.15, 0.2) is 29.4 Å². The molecule has 1 fully saturated rings. The molecule has 1 atom stereocenters. The van der Waals surface area contributed by atoms with E-state index in [2.05, 4.69) is 9.97 Å². The van der Waals surface area contributed by atoms with Crippen molar-refractivity contribution in [1.82, 2.24) is 14.9 Å². The predicted octanol–water partition coefficient (Wildman–Crippen LogP) is 2.11. The lowest BCUT2D eigenvalue weighted by molar-refractivity contribution is -0.151. The highest BCUT2D eigenvalue weighted by Gasteiger charge is 2.29. The number of hydrogen-bond donors (Lipinski definition) is 1. The lowest BCUT2D eigenvalue weighted by atomic mass is 9.98. The van der Waals surface area contributed by atoms with Crippen LogP contribution in [0.25, 0.3) is 10.9 Å². The summed E-state index contributed by atoms with van der Waals surface area (Å²) in [4.78, 5) is 34.9. The molecule has 0 unspecified atom stereocenters. The largest absolute Gasteiger partial charge is 0.466 e. The van der Waals surface area contributed by atoms with Crippen molar-refractivity contribution in [2.45, 2.75) is 24.9 Å². The second kappa shape index (κ2) is 8.35. The summed E-state index contributed by atoms with van der Waals surface area (Å²) in [6.07, 6.45) is 1.57. The molecule has 1 aliphatic heterocycles. The summed E-state index contributed by atoms with van der Waals surface area (Å²) < 4.78 is 5.08. The summed E-state index contributed by atoms with van der Waals surface area (Å²) in [6, 6.07) is 7.51. The van der Waals surface area contributed by atoms with E-state index >= 15 is 0 Å². The third-order valence-electron chi connectivity index (χ3n) is 4.33. The van der Waals surface area contributed by atoms with E-state index in [0.29, 0.717) is 30.7 Å². The van der Waals surface area contributed by atoms with Crippen LogP contribution in [0, 0.1) is 5.92 Å². The monoisotopic (exact) mass is 374 g/mol. The van der Waals surface area contributed by atoms with Gasteiger partial charge in [0.2, 0.25) is 5.91 Å². The van der Waals surface area contributed by atoms with Gasteiger partial charge in [-0.05, 0) is 31.9 Å². The number of nitrogens with two attached hydrogens (primary N) is 1. The molecule has 0 spiro atoms. The molecule has 1 aliphatic rings. The maximum Gasteiger partial charge on any atom is 0.310 e. The molecule has 0 radical (unpaired) electrons. The number of likely N-dealkylation sites (tertiary alicyclic amines) is 1. The number of fused-ring (bicyclic) bond motifs is 1. The van der Waals surface area contributed by atoms with Gasteiger partial charge in [-0.15, -0.1) is 0 Å². The minimum absolute atomic E-state index is 0.0284. The van der Waals surface area contributed by atoms with Crippen LogP contribution < -0.4 is 5.73 Å². The third-order valence-corrected chi connectivity index (χ3v) is 5.16. The summed E-state index contributed by atoms with van der Waals surface area (Å²) in [5, 5.41) is 1.28. The average Bonchev–Trinajstić information content (AvgIpc) is 2.66. The van der Waals surface area contributed by atoms with Crippen LogP contribution in [-0.4, -0.2) is 52.2 Å². The van der Waals surface area contributed by atoms with Gasteiger partial charge in [0, 0.05) is 18.5 Å². The smallest absolute Gasteiger partial charge is 0.310 e. The molecular formula is C18H22N4O3S. The standard InChI is InChI=1S/C18H22N4O3S/c1-2-25-17(24)12-6-5-9-22(10-12)15(23)11-26-18-20-14-8-4-3-7-13(14)16(19)21-18/h3-4,7-8,12H,2,5-6,9-11H2,1H3,(H2,19,20,21)/t12-/m0/s1. The fourth-order valence-corrected chi connectivity index (χ4v) is 3.78. The highest BCUT2D eigenvalue weighted by molar-refractivity contribution is 7.99. The van der Waals surface area contributed by atoms with Crippen molar-refractivity contribution in [3.63, 3.8) is 0 Å². The van der Waals surface area contributed by atoms with Crippen LogP contribution in [0.2, 0.25) is 0 Å². The number of nitrogens with zero attached hydrogens (tertiary/aromatic N) is 3. The molecule has 2 heterocycles. The van der Waals surface area contributed by atoms with Crippen molar-refractivity contribution in [2.24, 2.45) is 5.92 Å². The van der Waals surface area contributed by atoms with E-state index in [-0.39, 0.29) is 23.5 Å².